The molecule has 9 heteroatoms. The van der Waals surface area contributed by atoms with E-state index in [-0.39, 0.29) is 36.7 Å². The Bertz CT molecular complexity index is 894. The highest BCUT2D eigenvalue weighted by Crippen LogP contribution is 2.22. The van der Waals surface area contributed by atoms with Crippen LogP contribution in [0.4, 0.5) is 11.8 Å². The van der Waals surface area contributed by atoms with E-state index in [1.807, 2.05) is 18.2 Å². The minimum atomic E-state index is -0.271. The Morgan fingerprint density at radius 1 is 1.04 bits per heavy atom. The van der Waals surface area contributed by atoms with Crippen LogP contribution < -0.4 is 10.6 Å². The van der Waals surface area contributed by atoms with Gasteiger partial charge < -0.3 is 5.32 Å². The summed E-state index contributed by atoms with van der Waals surface area (Å²) in [5.41, 5.74) is 1.17. The molecule has 0 atom stereocenters. The van der Waals surface area contributed by atoms with Gasteiger partial charge in [-0.3, -0.25) is 15.1 Å². The highest BCUT2D eigenvalue weighted by molar-refractivity contribution is 6.03. The van der Waals surface area contributed by atoms with E-state index >= 15 is 0 Å². The van der Waals surface area contributed by atoms with Crippen LogP contribution in [0.1, 0.15) is 48.9 Å². The Kier molecular flexibility index (Phi) is 8.02. The predicted octanol–water partition coefficient (Wildman–Crippen LogP) is 4.35. The van der Waals surface area contributed by atoms with Crippen LogP contribution in [0, 0.1) is 0 Å². The third-order valence-electron chi connectivity index (χ3n) is 4.72. The number of rotatable bonds is 4. The van der Waals surface area contributed by atoms with E-state index in [2.05, 4.69) is 25.7 Å². The van der Waals surface area contributed by atoms with Gasteiger partial charge in [0.2, 0.25) is 5.95 Å². The van der Waals surface area contributed by atoms with Gasteiger partial charge in [-0.25, -0.2) is 0 Å². The normalized spacial score (nSPS) is 14.4. The van der Waals surface area contributed by atoms with E-state index in [0.717, 1.165) is 5.82 Å². The van der Waals surface area contributed by atoms with Crippen LogP contribution in [0.15, 0.2) is 42.7 Å². The van der Waals surface area contributed by atoms with Crippen LogP contribution in [0.2, 0.25) is 0 Å². The van der Waals surface area contributed by atoms with Crippen LogP contribution in [0.25, 0.3) is 5.65 Å². The van der Waals surface area contributed by atoms with Crippen LogP contribution in [0.3, 0.4) is 0 Å². The van der Waals surface area contributed by atoms with Gasteiger partial charge in [0.25, 0.3) is 5.91 Å². The number of hydrogen-bond donors (Lipinski definition) is 2. The molecule has 4 rings (SSSR count). The van der Waals surface area contributed by atoms with Gasteiger partial charge in [-0.2, -0.15) is 9.50 Å². The van der Waals surface area contributed by atoms with E-state index in [4.69, 9.17) is 0 Å². The minimum absolute atomic E-state index is 0. The molecule has 1 amide bonds. The molecule has 1 aliphatic carbocycles. The number of fused-ring (bicyclic) bond motifs is 1. The topological polar surface area (TPSA) is 84.2 Å². The molecule has 3 heterocycles. The van der Waals surface area contributed by atoms with Gasteiger partial charge in [0.05, 0.1) is 5.56 Å². The Balaban J connectivity index is 0.00000140. The number of carbonyl (C=O) groups is 1. The fraction of sp³-hybridized carbons (Fsp3) is 0.368. The first-order chi connectivity index (χ1) is 12.8. The number of nitrogens with zero attached hydrogens (tertiary/aromatic N) is 4. The fourth-order valence-corrected chi connectivity index (χ4v) is 3.37. The van der Waals surface area contributed by atoms with E-state index < -0.39 is 0 Å². The third-order valence-corrected chi connectivity index (χ3v) is 4.72. The molecule has 2 N–H and O–H groups in total. The van der Waals surface area contributed by atoms with Gasteiger partial charge in [0, 0.05) is 18.4 Å². The molecule has 0 saturated heterocycles. The van der Waals surface area contributed by atoms with Crippen molar-refractivity contribution >= 4 is 48.1 Å². The summed E-state index contributed by atoms with van der Waals surface area (Å²) in [7, 11) is 0. The van der Waals surface area contributed by atoms with Crippen molar-refractivity contribution in [3.63, 3.8) is 0 Å². The Hall–Kier alpha value is -2.38. The molecule has 1 saturated carbocycles. The first kappa shape index (κ1) is 21.9. The first-order valence-corrected chi connectivity index (χ1v) is 9.13. The van der Waals surface area contributed by atoms with Gasteiger partial charge in [-0.1, -0.05) is 31.7 Å². The van der Waals surface area contributed by atoms with Gasteiger partial charge in [0.15, 0.2) is 5.65 Å². The predicted molar refractivity (Wildman–Crippen MR) is 115 cm³/mol. The zero-order valence-electron chi connectivity index (χ0n) is 15.4. The largest absolute Gasteiger partial charge is 0.367 e. The summed E-state index contributed by atoms with van der Waals surface area (Å²) in [6.07, 6.45) is 10.7. The van der Waals surface area contributed by atoms with Crippen LogP contribution in [-0.4, -0.2) is 31.5 Å². The van der Waals surface area contributed by atoms with E-state index in [1.165, 1.54) is 44.7 Å². The van der Waals surface area contributed by atoms with Crippen molar-refractivity contribution in [1.82, 2.24) is 19.6 Å². The second-order valence-electron chi connectivity index (χ2n) is 6.65. The maximum atomic E-state index is 12.3. The molecule has 0 spiro atoms. The highest BCUT2D eigenvalue weighted by atomic mass is 35.5. The van der Waals surface area contributed by atoms with Crippen LogP contribution in [-0.2, 0) is 0 Å². The second-order valence-corrected chi connectivity index (χ2v) is 6.65. The van der Waals surface area contributed by atoms with Crippen LogP contribution in [0.5, 0.6) is 0 Å². The van der Waals surface area contributed by atoms with Gasteiger partial charge in [0.1, 0.15) is 5.82 Å². The third kappa shape index (κ3) is 5.11. The molecule has 28 heavy (non-hydrogen) atoms. The Labute approximate surface area is 176 Å². The average molecular weight is 423 g/mol. The molecule has 0 aliphatic heterocycles. The molecule has 7 nitrogen and oxygen atoms in total. The Morgan fingerprint density at radius 3 is 2.54 bits per heavy atom. The molecule has 1 aliphatic rings. The summed E-state index contributed by atoms with van der Waals surface area (Å²) in [5, 5.41) is 10.8. The van der Waals surface area contributed by atoms with Crippen molar-refractivity contribution in [3.05, 3.63) is 48.3 Å². The summed E-state index contributed by atoms with van der Waals surface area (Å²) in [5.74, 6) is 0.921. The summed E-state index contributed by atoms with van der Waals surface area (Å²) in [6, 6.07) is 9.72. The van der Waals surface area contributed by atoms with E-state index in [9.17, 15) is 4.79 Å². The van der Waals surface area contributed by atoms with Crippen molar-refractivity contribution < 1.29 is 4.79 Å². The van der Waals surface area contributed by atoms with Crippen molar-refractivity contribution in [3.8, 4) is 0 Å². The smallest absolute Gasteiger partial charge is 0.259 e. The van der Waals surface area contributed by atoms with Crippen molar-refractivity contribution in [2.75, 3.05) is 10.6 Å². The molecule has 0 bridgehead atoms. The molecule has 3 aromatic heterocycles. The monoisotopic (exact) mass is 422 g/mol. The SMILES string of the molecule is Cl.Cl.O=C(Nc1nc2cccc(NC3CCCCCC3)n2n1)c1cccnc1. The molecule has 0 aromatic carbocycles. The molecular formula is C19H24Cl2N6O. The number of halogens is 2. The number of amides is 1. The Morgan fingerprint density at radius 2 is 1.82 bits per heavy atom. The molecule has 150 valence electrons. The van der Waals surface area contributed by atoms with E-state index in [1.54, 1.807) is 22.8 Å². The number of anilines is 2. The van der Waals surface area contributed by atoms with Crippen molar-refractivity contribution in [1.29, 1.82) is 0 Å². The molecule has 1 fully saturated rings. The molecule has 0 unspecified atom stereocenters. The lowest BCUT2D eigenvalue weighted by atomic mass is 10.1. The van der Waals surface area contributed by atoms with Crippen molar-refractivity contribution in [2.24, 2.45) is 0 Å². The fourth-order valence-electron chi connectivity index (χ4n) is 3.37. The zero-order valence-corrected chi connectivity index (χ0v) is 17.0. The summed E-state index contributed by atoms with van der Waals surface area (Å²) >= 11 is 0. The second kappa shape index (κ2) is 10.2. The summed E-state index contributed by atoms with van der Waals surface area (Å²) < 4.78 is 1.75. The number of aromatic nitrogens is 4. The molecule has 3 aromatic rings. The first-order valence-electron chi connectivity index (χ1n) is 9.13. The zero-order chi connectivity index (χ0) is 17.8. The van der Waals surface area contributed by atoms with Gasteiger partial charge >= 0.3 is 0 Å². The lowest BCUT2D eigenvalue weighted by Crippen LogP contribution is -2.20. The number of hydrogen-bond acceptors (Lipinski definition) is 5. The maximum Gasteiger partial charge on any atom is 0.259 e. The summed E-state index contributed by atoms with van der Waals surface area (Å²) in [4.78, 5) is 20.6. The quantitative estimate of drug-likeness (QED) is 0.610. The van der Waals surface area contributed by atoms with Crippen molar-refractivity contribution in [2.45, 2.75) is 44.6 Å². The number of pyridine rings is 2. The molecular weight excluding hydrogens is 399 g/mol. The maximum absolute atomic E-state index is 12.3. The highest BCUT2D eigenvalue weighted by Gasteiger charge is 2.15. The van der Waals surface area contributed by atoms with E-state index in [0.29, 0.717) is 17.3 Å². The molecule has 0 radical (unpaired) electrons. The van der Waals surface area contributed by atoms with Gasteiger partial charge in [-0.05, 0) is 37.1 Å². The minimum Gasteiger partial charge on any atom is -0.367 e. The number of nitrogens with one attached hydrogen (secondary N) is 2. The van der Waals surface area contributed by atoms with Gasteiger partial charge in [-0.15, -0.1) is 29.9 Å². The lowest BCUT2D eigenvalue weighted by molar-refractivity contribution is 0.102. The number of carbonyl (C=O) groups excluding carboxylic acids is 1. The lowest BCUT2D eigenvalue weighted by Gasteiger charge is -2.17. The van der Waals surface area contributed by atoms with Crippen LogP contribution >= 0.6 is 24.8 Å². The average Bonchev–Trinajstić information content (AvgIpc) is 2.90. The standard InChI is InChI=1S/C19H22N6O.2ClH/c26-18(14-7-6-12-20-13-14)23-19-22-17-11-5-10-16(25(17)24-19)21-15-8-3-1-2-4-9-15;;/h5-7,10-13,15,21H,1-4,8-9H2,(H,23,24,26);2*1H. The summed E-state index contributed by atoms with van der Waals surface area (Å²) in [6.45, 7) is 0.